The van der Waals surface area contributed by atoms with Crippen molar-refractivity contribution in [2.45, 2.75) is 51.9 Å². The molecule has 1 fully saturated rings. The normalized spacial score (nSPS) is 19.8. The van der Waals surface area contributed by atoms with Gasteiger partial charge in [0.05, 0.1) is 6.61 Å². The highest BCUT2D eigenvalue weighted by Crippen LogP contribution is 2.14. The van der Waals surface area contributed by atoms with Crippen LogP contribution in [0, 0.1) is 0 Å². The molecule has 0 unspecified atom stereocenters. The van der Waals surface area contributed by atoms with E-state index in [-0.39, 0.29) is 17.3 Å². The highest BCUT2D eigenvalue weighted by molar-refractivity contribution is 6.37. The van der Waals surface area contributed by atoms with Crippen molar-refractivity contribution in [2.75, 3.05) is 6.61 Å². The van der Waals surface area contributed by atoms with Gasteiger partial charge in [-0.2, -0.15) is 0 Å². The fourth-order valence-electron chi connectivity index (χ4n) is 1.88. The first-order valence-electron chi connectivity index (χ1n) is 6.57. The second-order valence-corrected chi connectivity index (χ2v) is 4.37. The maximum absolute atomic E-state index is 11.0. The third-order valence-electron chi connectivity index (χ3n) is 2.88. The van der Waals surface area contributed by atoms with Gasteiger partial charge in [0, 0.05) is 19.3 Å². The van der Waals surface area contributed by atoms with E-state index in [2.05, 4.69) is 0 Å². The third kappa shape index (κ3) is 4.82. The van der Waals surface area contributed by atoms with Gasteiger partial charge in [-0.25, -0.2) is 0 Å². The molecule has 4 nitrogen and oxygen atoms in total. The minimum atomic E-state index is -0.170. The molecule has 0 bridgehead atoms. The molecule has 0 aliphatic heterocycles. The Kier molecular flexibility index (Phi) is 6.33. The second-order valence-electron chi connectivity index (χ2n) is 4.37. The van der Waals surface area contributed by atoms with E-state index in [0.29, 0.717) is 31.6 Å². The van der Waals surface area contributed by atoms with E-state index in [1.807, 2.05) is 13.0 Å². The Morgan fingerprint density at radius 2 is 1.50 bits per heavy atom. The van der Waals surface area contributed by atoms with E-state index >= 15 is 0 Å². The second kappa shape index (κ2) is 7.80. The van der Waals surface area contributed by atoms with Crippen LogP contribution >= 0.6 is 0 Å². The molecule has 0 aromatic heterocycles. The summed E-state index contributed by atoms with van der Waals surface area (Å²) < 4.78 is 5.11. The number of hydrogen-bond acceptors (Lipinski definition) is 4. The predicted octanol–water partition coefficient (Wildman–Crippen LogP) is 2.36. The van der Waals surface area contributed by atoms with Gasteiger partial charge in [0.1, 0.15) is 0 Å². The van der Waals surface area contributed by atoms with Crippen molar-refractivity contribution in [2.24, 2.45) is 0 Å². The van der Waals surface area contributed by atoms with E-state index in [4.69, 9.17) is 4.74 Å². The largest absolute Gasteiger partial charge is 0.490 e. The van der Waals surface area contributed by atoms with Gasteiger partial charge in [-0.05, 0) is 38.7 Å². The molecular weight excluding hydrogens is 232 g/mol. The summed E-state index contributed by atoms with van der Waals surface area (Å²) in [4.78, 5) is 31.9. The number of carbonyl (C=O) groups excluding carboxylic acids is 3. The molecule has 0 N–H and O–H groups in total. The molecule has 0 amide bonds. The molecule has 18 heavy (non-hydrogen) atoms. The van der Waals surface area contributed by atoms with Gasteiger partial charge in [-0.1, -0.05) is 0 Å². The lowest BCUT2D eigenvalue weighted by Crippen LogP contribution is -2.17. The van der Waals surface area contributed by atoms with Crippen LogP contribution < -0.4 is 0 Å². The predicted molar refractivity (Wildman–Crippen MR) is 67.0 cm³/mol. The minimum absolute atomic E-state index is 0.160. The lowest BCUT2D eigenvalue weighted by molar-refractivity contribution is -0.137. The molecule has 2 rings (SSSR count). The van der Waals surface area contributed by atoms with Crippen LogP contribution in [-0.2, 0) is 19.1 Å². The fourth-order valence-corrected chi connectivity index (χ4v) is 1.88. The molecule has 100 valence electrons. The average molecular weight is 252 g/mol. The third-order valence-corrected chi connectivity index (χ3v) is 2.88. The summed E-state index contributed by atoms with van der Waals surface area (Å²) in [5.74, 6) is 0.398. The monoisotopic (exact) mass is 252 g/mol. The molecule has 0 atom stereocenters. The minimum Gasteiger partial charge on any atom is -0.490 e. The van der Waals surface area contributed by atoms with E-state index in [0.717, 1.165) is 25.7 Å². The molecule has 0 radical (unpaired) electrons. The summed E-state index contributed by atoms with van der Waals surface area (Å²) in [6, 6.07) is 0. The van der Waals surface area contributed by atoms with E-state index in [9.17, 15) is 14.4 Å². The Morgan fingerprint density at radius 1 is 0.944 bits per heavy atom. The van der Waals surface area contributed by atoms with Crippen LogP contribution in [0.15, 0.2) is 11.8 Å². The van der Waals surface area contributed by atoms with Crippen LogP contribution in [0.5, 0.6) is 0 Å². The topological polar surface area (TPSA) is 60.4 Å². The van der Waals surface area contributed by atoms with Crippen molar-refractivity contribution in [1.82, 2.24) is 0 Å². The molecular formula is C14H20O4. The first-order chi connectivity index (χ1) is 8.65. The SMILES string of the molecule is CCOC1=CCCCC1=O.O=C1CCCCC1=O. The van der Waals surface area contributed by atoms with Crippen LogP contribution in [0.25, 0.3) is 0 Å². The smallest absolute Gasteiger partial charge is 0.198 e. The van der Waals surface area contributed by atoms with Crippen molar-refractivity contribution in [3.8, 4) is 0 Å². The number of carbonyl (C=O) groups is 3. The molecule has 0 spiro atoms. The van der Waals surface area contributed by atoms with E-state index in [1.165, 1.54) is 0 Å². The molecule has 2 aliphatic rings. The summed E-state index contributed by atoms with van der Waals surface area (Å²) >= 11 is 0. The molecule has 0 aromatic rings. The number of ketones is 3. The van der Waals surface area contributed by atoms with Crippen LogP contribution in [-0.4, -0.2) is 24.0 Å². The summed E-state index contributed by atoms with van der Waals surface area (Å²) in [7, 11) is 0. The van der Waals surface area contributed by atoms with E-state index in [1.54, 1.807) is 0 Å². The number of hydrogen-bond donors (Lipinski definition) is 0. The standard InChI is InChI=1S/C8H12O2.C6H8O2/c1-2-10-8-6-4-3-5-7(8)9;7-5-3-1-2-4-6(5)8/h6H,2-5H2,1H3;1-4H2. The Bertz CT molecular complexity index is 339. The van der Waals surface area contributed by atoms with Gasteiger partial charge in [-0.3, -0.25) is 14.4 Å². The van der Waals surface area contributed by atoms with Crippen molar-refractivity contribution < 1.29 is 19.1 Å². The lowest BCUT2D eigenvalue weighted by atomic mass is 9.98. The number of ether oxygens (including phenoxy) is 1. The molecule has 0 heterocycles. The average Bonchev–Trinajstić information content (AvgIpc) is 2.37. The Hall–Kier alpha value is -1.45. The van der Waals surface area contributed by atoms with Crippen molar-refractivity contribution in [1.29, 1.82) is 0 Å². The summed E-state index contributed by atoms with van der Waals surface area (Å²) in [6.45, 7) is 2.49. The quantitative estimate of drug-likeness (QED) is 0.708. The maximum Gasteiger partial charge on any atom is 0.198 e. The van der Waals surface area contributed by atoms with Gasteiger partial charge >= 0.3 is 0 Å². The first kappa shape index (κ1) is 14.6. The zero-order valence-corrected chi connectivity index (χ0v) is 10.9. The summed E-state index contributed by atoms with van der Waals surface area (Å²) in [5.41, 5.74) is 0. The Balaban J connectivity index is 0.000000184. The van der Waals surface area contributed by atoms with Gasteiger partial charge in [0.15, 0.2) is 23.1 Å². The molecule has 4 heteroatoms. The highest BCUT2D eigenvalue weighted by atomic mass is 16.5. The lowest BCUT2D eigenvalue weighted by Gasteiger charge is -2.10. The fraction of sp³-hybridized carbons (Fsp3) is 0.643. The van der Waals surface area contributed by atoms with Crippen LogP contribution in [0.2, 0.25) is 0 Å². The zero-order valence-electron chi connectivity index (χ0n) is 10.9. The molecule has 0 aromatic carbocycles. The highest BCUT2D eigenvalue weighted by Gasteiger charge is 2.17. The van der Waals surface area contributed by atoms with Crippen molar-refractivity contribution >= 4 is 17.3 Å². The van der Waals surface area contributed by atoms with Crippen LogP contribution in [0.1, 0.15) is 51.9 Å². The summed E-state index contributed by atoms with van der Waals surface area (Å²) in [5, 5.41) is 0. The van der Waals surface area contributed by atoms with Crippen LogP contribution in [0.4, 0.5) is 0 Å². The first-order valence-corrected chi connectivity index (χ1v) is 6.57. The van der Waals surface area contributed by atoms with Gasteiger partial charge < -0.3 is 4.74 Å². The number of Topliss-reactive ketones (excluding diaryl/α,β-unsaturated/α-hetero) is 3. The number of rotatable bonds is 2. The van der Waals surface area contributed by atoms with Gasteiger partial charge in [0.2, 0.25) is 0 Å². The van der Waals surface area contributed by atoms with Gasteiger partial charge in [-0.15, -0.1) is 0 Å². The van der Waals surface area contributed by atoms with Crippen LogP contribution in [0.3, 0.4) is 0 Å². The maximum atomic E-state index is 11.0. The number of allylic oxidation sites excluding steroid dienone is 2. The molecule has 0 saturated heterocycles. The Morgan fingerprint density at radius 3 is 1.94 bits per heavy atom. The zero-order chi connectivity index (χ0) is 13.4. The molecule has 1 saturated carbocycles. The van der Waals surface area contributed by atoms with Crippen molar-refractivity contribution in [3.05, 3.63) is 11.8 Å². The molecule has 2 aliphatic carbocycles. The van der Waals surface area contributed by atoms with Gasteiger partial charge in [0.25, 0.3) is 0 Å². The Labute approximate surface area is 107 Å². The van der Waals surface area contributed by atoms with Crippen molar-refractivity contribution in [3.63, 3.8) is 0 Å². The van der Waals surface area contributed by atoms with E-state index < -0.39 is 0 Å². The summed E-state index contributed by atoms with van der Waals surface area (Å²) in [6.07, 6.45) is 7.30.